The molecule has 0 atom stereocenters. The lowest BCUT2D eigenvalue weighted by molar-refractivity contribution is -0.131. The third-order valence-corrected chi connectivity index (χ3v) is 2.43. The first-order valence-electron chi connectivity index (χ1n) is 5.94. The Morgan fingerprint density at radius 2 is 2.30 bits per heavy atom. The smallest absolute Gasteiger partial charge is 0.328 e. The second-order valence-corrected chi connectivity index (χ2v) is 3.82. The van der Waals surface area contributed by atoms with E-state index in [0.29, 0.717) is 24.3 Å². The summed E-state index contributed by atoms with van der Waals surface area (Å²) in [5, 5.41) is 12.1. The van der Waals surface area contributed by atoms with Gasteiger partial charge in [0.15, 0.2) is 0 Å². The van der Waals surface area contributed by atoms with Gasteiger partial charge >= 0.3 is 5.97 Å². The average molecular weight is 273 g/mol. The Kier molecular flexibility index (Phi) is 6.44. The normalized spacial score (nSPS) is 10.7. The molecule has 1 aromatic carbocycles. The molecule has 0 aliphatic rings. The number of hydrogen-bond acceptors (Lipinski definition) is 3. The molecule has 0 aromatic heterocycles. The molecular weight excluding hydrogens is 258 g/mol. The van der Waals surface area contributed by atoms with Crippen LogP contribution in [-0.4, -0.2) is 24.7 Å². The number of azide groups is 1. The van der Waals surface area contributed by atoms with Crippen LogP contribution >= 0.6 is 0 Å². The van der Waals surface area contributed by atoms with Crippen LogP contribution in [0.3, 0.4) is 0 Å². The Labute approximate surface area is 116 Å². The van der Waals surface area contributed by atoms with E-state index in [0.717, 1.165) is 11.6 Å². The van der Waals surface area contributed by atoms with Crippen molar-refractivity contribution < 1.29 is 14.6 Å². The van der Waals surface area contributed by atoms with Crippen LogP contribution in [0.15, 0.2) is 35.5 Å². The van der Waals surface area contributed by atoms with E-state index in [1.54, 1.807) is 6.07 Å². The molecule has 1 aromatic rings. The molecule has 0 aliphatic heterocycles. The van der Waals surface area contributed by atoms with Gasteiger partial charge < -0.3 is 9.84 Å². The van der Waals surface area contributed by atoms with Crippen molar-refractivity contribution in [2.75, 3.05) is 13.7 Å². The predicted octanol–water partition coefficient (Wildman–Crippen LogP) is 3.51. The lowest BCUT2D eigenvalue weighted by Crippen LogP contribution is -1.90. The number of carbonyl (C=O) groups is 1. The molecule has 0 saturated carbocycles. The predicted molar refractivity (Wildman–Crippen MR) is 77.3 cm³/mol. The summed E-state index contributed by atoms with van der Waals surface area (Å²) >= 11 is 0. The first kappa shape index (κ1) is 15.3. The van der Waals surface area contributed by atoms with Gasteiger partial charge in [-0.1, -0.05) is 23.3 Å². The van der Waals surface area contributed by atoms with Crippen LogP contribution < -0.4 is 4.74 Å². The quantitative estimate of drug-likeness (QED) is 0.271. The van der Waals surface area contributed by atoms with E-state index in [1.807, 2.05) is 24.3 Å². The minimum absolute atomic E-state index is 0.412. The Bertz CT molecular complexity index is 573. The standard InChI is InChI=1S/C14H15N3O3/c1-20-13-7-5-11(4-2-3-9-16-17-15)10-12(13)6-8-14(18)19/h2,4-8,10H,3,9H2,1H3,(H,18,19)/b4-2?,8-6+. The van der Waals surface area contributed by atoms with Gasteiger partial charge in [0.2, 0.25) is 0 Å². The summed E-state index contributed by atoms with van der Waals surface area (Å²) in [4.78, 5) is 13.2. The van der Waals surface area contributed by atoms with Gasteiger partial charge in [0.1, 0.15) is 5.75 Å². The van der Waals surface area contributed by atoms with E-state index >= 15 is 0 Å². The molecule has 0 saturated heterocycles. The van der Waals surface area contributed by atoms with Crippen LogP contribution in [-0.2, 0) is 4.79 Å². The van der Waals surface area contributed by atoms with Gasteiger partial charge in [-0.15, -0.1) is 0 Å². The summed E-state index contributed by atoms with van der Waals surface area (Å²) in [5.74, 6) is -0.406. The number of methoxy groups -OCH3 is 1. The van der Waals surface area contributed by atoms with Crippen molar-refractivity contribution in [2.24, 2.45) is 5.11 Å². The Morgan fingerprint density at radius 1 is 1.50 bits per heavy atom. The van der Waals surface area contributed by atoms with E-state index in [4.69, 9.17) is 15.4 Å². The maximum Gasteiger partial charge on any atom is 0.328 e. The number of aliphatic carboxylic acids is 1. The van der Waals surface area contributed by atoms with Crippen molar-refractivity contribution in [3.63, 3.8) is 0 Å². The van der Waals surface area contributed by atoms with E-state index in [9.17, 15) is 4.79 Å². The third kappa shape index (κ3) is 5.29. The van der Waals surface area contributed by atoms with E-state index in [-0.39, 0.29) is 0 Å². The topological polar surface area (TPSA) is 95.3 Å². The molecule has 0 fully saturated rings. The molecule has 1 N–H and O–H groups in total. The highest BCUT2D eigenvalue weighted by Gasteiger charge is 2.00. The summed E-state index contributed by atoms with van der Waals surface area (Å²) in [6.45, 7) is 0.412. The fourth-order valence-electron chi connectivity index (χ4n) is 1.54. The van der Waals surface area contributed by atoms with Crippen LogP contribution in [0.4, 0.5) is 0 Å². The van der Waals surface area contributed by atoms with E-state index in [1.165, 1.54) is 13.2 Å². The molecule has 1 rings (SSSR count). The van der Waals surface area contributed by atoms with Gasteiger partial charge in [0.05, 0.1) is 7.11 Å². The monoisotopic (exact) mass is 273 g/mol. The number of benzene rings is 1. The van der Waals surface area contributed by atoms with E-state index in [2.05, 4.69) is 10.0 Å². The third-order valence-electron chi connectivity index (χ3n) is 2.43. The molecule has 0 heterocycles. The number of carboxylic acids is 1. The summed E-state index contributed by atoms with van der Waals surface area (Å²) in [5.41, 5.74) is 9.75. The van der Waals surface area contributed by atoms with Gasteiger partial charge in [-0.3, -0.25) is 0 Å². The highest BCUT2D eigenvalue weighted by atomic mass is 16.5. The van der Waals surface area contributed by atoms with Crippen molar-refractivity contribution in [1.82, 2.24) is 0 Å². The zero-order valence-electron chi connectivity index (χ0n) is 11.1. The molecule has 0 spiro atoms. The number of carboxylic acid groups (broad SMARTS) is 1. The SMILES string of the molecule is COc1ccc(C=CCCN=[N+]=[N-])cc1/C=C/C(=O)O. The van der Waals surface area contributed by atoms with Crippen LogP contribution in [0.1, 0.15) is 17.5 Å². The zero-order chi connectivity index (χ0) is 14.8. The highest BCUT2D eigenvalue weighted by molar-refractivity contribution is 5.86. The minimum atomic E-state index is -1.01. The van der Waals surface area contributed by atoms with Crippen molar-refractivity contribution in [2.45, 2.75) is 6.42 Å². The van der Waals surface area contributed by atoms with Gasteiger partial charge in [0.25, 0.3) is 0 Å². The molecule has 0 bridgehead atoms. The molecule has 6 heteroatoms. The summed E-state index contributed by atoms with van der Waals surface area (Å²) in [6, 6.07) is 5.46. The average Bonchev–Trinajstić information content (AvgIpc) is 2.45. The van der Waals surface area contributed by atoms with Crippen LogP contribution in [0, 0.1) is 0 Å². The number of ether oxygens (including phenoxy) is 1. The fourth-order valence-corrected chi connectivity index (χ4v) is 1.54. The van der Waals surface area contributed by atoms with Crippen LogP contribution in [0.5, 0.6) is 5.75 Å². The van der Waals surface area contributed by atoms with Gasteiger partial charge in [-0.25, -0.2) is 4.79 Å². The second kappa shape index (κ2) is 8.39. The molecule has 104 valence electrons. The zero-order valence-corrected chi connectivity index (χ0v) is 11.1. The molecular formula is C14H15N3O3. The van der Waals surface area contributed by atoms with Gasteiger partial charge in [0, 0.05) is 23.1 Å². The molecule has 0 amide bonds. The molecule has 20 heavy (non-hydrogen) atoms. The summed E-state index contributed by atoms with van der Waals surface area (Å²) < 4.78 is 5.17. The summed E-state index contributed by atoms with van der Waals surface area (Å²) in [7, 11) is 1.53. The van der Waals surface area contributed by atoms with Gasteiger partial charge in [-0.05, 0) is 35.7 Å². The van der Waals surface area contributed by atoms with Gasteiger partial charge in [-0.2, -0.15) is 0 Å². The van der Waals surface area contributed by atoms with Crippen molar-refractivity contribution in [3.05, 3.63) is 51.9 Å². The molecule has 0 radical (unpaired) electrons. The highest BCUT2D eigenvalue weighted by Crippen LogP contribution is 2.22. The molecule has 0 aliphatic carbocycles. The van der Waals surface area contributed by atoms with Crippen molar-refractivity contribution in [3.8, 4) is 5.75 Å². The summed E-state index contributed by atoms with van der Waals surface area (Å²) in [6.07, 6.45) is 6.97. The molecule has 6 nitrogen and oxygen atoms in total. The second-order valence-electron chi connectivity index (χ2n) is 3.82. The molecule has 0 unspecified atom stereocenters. The number of rotatable bonds is 7. The Hall–Kier alpha value is -2.72. The maximum absolute atomic E-state index is 10.5. The lowest BCUT2D eigenvalue weighted by atomic mass is 10.1. The maximum atomic E-state index is 10.5. The Balaban J connectivity index is 2.86. The van der Waals surface area contributed by atoms with Crippen molar-refractivity contribution in [1.29, 1.82) is 0 Å². The largest absolute Gasteiger partial charge is 0.496 e. The van der Waals surface area contributed by atoms with Crippen molar-refractivity contribution >= 4 is 18.1 Å². The van der Waals surface area contributed by atoms with Crippen LogP contribution in [0.2, 0.25) is 0 Å². The fraction of sp³-hybridized carbons (Fsp3) is 0.214. The lowest BCUT2D eigenvalue weighted by Gasteiger charge is -2.05. The first-order valence-corrected chi connectivity index (χ1v) is 5.94. The Morgan fingerprint density at radius 3 is 2.95 bits per heavy atom. The van der Waals surface area contributed by atoms with Crippen LogP contribution in [0.25, 0.3) is 22.6 Å². The number of nitrogens with zero attached hydrogens (tertiary/aromatic N) is 3. The first-order chi connectivity index (χ1) is 9.67. The minimum Gasteiger partial charge on any atom is -0.496 e. The number of hydrogen-bond donors (Lipinski definition) is 1. The van der Waals surface area contributed by atoms with E-state index < -0.39 is 5.97 Å².